The van der Waals surface area contributed by atoms with Crippen molar-refractivity contribution in [2.75, 3.05) is 28.4 Å². The third-order valence-electron chi connectivity index (χ3n) is 5.08. The van der Waals surface area contributed by atoms with Gasteiger partial charge in [-0.3, -0.25) is 14.9 Å². The van der Waals surface area contributed by atoms with Crippen LogP contribution < -0.4 is 23.7 Å². The highest BCUT2D eigenvalue weighted by atomic mass is 32.1. The number of ketones is 1. The van der Waals surface area contributed by atoms with Gasteiger partial charge in [-0.15, -0.1) is 0 Å². The minimum Gasteiger partial charge on any atom is -0.493 e. The van der Waals surface area contributed by atoms with Crippen molar-refractivity contribution in [3.63, 3.8) is 0 Å². The van der Waals surface area contributed by atoms with Crippen LogP contribution >= 0.6 is 11.3 Å². The minimum absolute atomic E-state index is 0.0185. The van der Waals surface area contributed by atoms with Crippen molar-refractivity contribution in [1.29, 1.82) is 0 Å². The van der Waals surface area contributed by atoms with Gasteiger partial charge < -0.3 is 23.7 Å². The molecule has 0 spiro atoms. The van der Waals surface area contributed by atoms with E-state index < -0.39 is 10.5 Å². The predicted octanol–water partition coefficient (Wildman–Crippen LogP) is 5.24. The van der Waals surface area contributed by atoms with Crippen LogP contribution in [0.3, 0.4) is 0 Å². The smallest absolute Gasteiger partial charge is 0.324 e. The van der Waals surface area contributed by atoms with Crippen molar-refractivity contribution < 1.29 is 33.4 Å². The summed E-state index contributed by atoms with van der Waals surface area (Å²) >= 11 is 1.03. The fraction of sp³-hybridized carbons (Fsp3) is 0.292. The molecule has 0 bridgehead atoms. The first-order valence-electron chi connectivity index (χ1n) is 10.1. The number of carbonyl (C=O) groups excluding carboxylic acids is 1. The fourth-order valence-corrected chi connectivity index (χ4v) is 4.21. The van der Waals surface area contributed by atoms with E-state index in [-0.39, 0.29) is 10.8 Å². The molecule has 0 aliphatic heterocycles. The highest BCUT2D eigenvalue weighted by Gasteiger charge is 2.29. The normalized spacial score (nSPS) is 11.0. The Morgan fingerprint density at radius 3 is 1.91 bits per heavy atom. The number of hydrogen-bond donors (Lipinski definition) is 0. The number of ether oxygens (including phenoxy) is 5. The molecule has 180 valence electrons. The number of methoxy groups -OCH3 is 4. The molecular weight excluding hydrogens is 462 g/mol. The van der Waals surface area contributed by atoms with Crippen LogP contribution in [0.4, 0.5) is 5.00 Å². The van der Waals surface area contributed by atoms with E-state index in [1.54, 1.807) is 50.2 Å². The van der Waals surface area contributed by atoms with Gasteiger partial charge in [0.15, 0.2) is 28.8 Å². The van der Waals surface area contributed by atoms with E-state index in [1.807, 2.05) is 0 Å². The van der Waals surface area contributed by atoms with E-state index in [9.17, 15) is 14.9 Å². The number of hydrogen-bond acceptors (Lipinski definition) is 9. The molecule has 0 unspecified atom stereocenters. The fourth-order valence-electron chi connectivity index (χ4n) is 3.35. The first-order chi connectivity index (χ1) is 16.1. The largest absolute Gasteiger partial charge is 0.493 e. The molecule has 2 aromatic carbocycles. The molecule has 0 N–H and O–H groups in total. The Labute approximate surface area is 200 Å². The molecule has 0 fully saturated rings. The topological polar surface area (TPSA) is 106 Å². The zero-order chi connectivity index (χ0) is 25.0. The highest BCUT2D eigenvalue weighted by molar-refractivity contribution is 7.15. The Kier molecular flexibility index (Phi) is 7.31. The van der Waals surface area contributed by atoms with E-state index in [4.69, 9.17) is 23.7 Å². The van der Waals surface area contributed by atoms with Crippen LogP contribution in [-0.2, 0) is 5.60 Å². The second-order valence-electron chi connectivity index (χ2n) is 7.62. The lowest BCUT2D eigenvalue weighted by Crippen LogP contribution is -2.24. The monoisotopic (exact) mass is 487 g/mol. The summed E-state index contributed by atoms with van der Waals surface area (Å²) in [6.45, 7) is 3.57. The Morgan fingerprint density at radius 2 is 1.41 bits per heavy atom. The molecule has 0 amide bonds. The quantitative estimate of drug-likeness (QED) is 0.217. The van der Waals surface area contributed by atoms with Crippen LogP contribution in [0.15, 0.2) is 42.5 Å². The average molecular weight is 488 g/mol. The summed E-state index contributed by atoms with van der Waals surface area (Å²) in [5.41, 5.74) is -0.239. The van der Waals surface area contributed by atoms with Crippen molar-refractivity contribution in [3.05, 3.63) is 68.6 Å². The Bertz CT molecular complexity index is 1190. The molecule has 0 atom stereocenters. The lowest BCUT2D eigenvalue weighted by atomic mass is 10.0. The van der Waals surface area contributed by atoms with Crippen LogP contribution in [-0.4, -0.2) is 39.1 Å². The Morgan fingerprint density at radius 1 is 0.824 bits per heavy atom. The van der Waals surface area contributed by atoms with Crippen molar-refractivity contribution >= 4 is 22.1 Å². The molecule has 0 aliphatic carbocycles. The Hall–Kier alpha value is -3.79. The third-order valence-corrected chi connectivity index (χ3v) is 6.42. The standard InChI is InChI=1S/C24H25NO8S/c1-24(2,20-9-10-21(34-20)25(27)28)33-17-11-14(7-8-16(17)29-3)22(26)15-12-18(30-4)23(32-6)19(13-15)31-5/h7-13H,1-6H3. The van der Waals surface area contributed by atoms with Gasteiger partial charge in [0.25, 0.3) is 0 Å². The molecular formula is C24H25NO8S. The number of carbonyl (C=O) groups is 1. The first-order valence-corrected chi connectivity index (χ1v) is 10.9. The van der Waals surface area contributed by atoms with Crippen molar-refractivity contribution in [1.82, 2.24) is 0 Å². The van der Waals surface area contributed by atoms with Crippen molar-refractivity contribution in [2.24, 2.45) is 0 Å². The van der Waals surface area contributed by atoms with Crippen LogP contribution in [0.2, 0.25) is 0 Å². The third kappa shape index (κ3) is 4.91. The van der Waals surface area contributed by atoms with E-state index in [1.165, 1.54) is 34.5 Å². The second-order valence-corrected chi connectivity index (χ2v) is 8.68. The summed E-state index contributed by atoms with van der Waals surface area (Å²) in [4.78, 5) is 24.6. The van der Waals surface area contributed by atoms with Gasteiger partial charge in [-0.25, -0.2) is 0 Å². The maximum Gasteiger partial charge on any atom is 0.324 e. The number of rotatable bonds is 10. The maximum absolute atomic E-state index is 13.3. The first kappa shape index (κ1) is 24.8. The molecule has 0 radical (unpaired) electrons. The number of nitro groups is 1. The van der Waals surface area contributed by atoms with Crippen LogP contribution in [0.25, 0.3) is 0 Å². The van der Waals surface area contributed by atoms with Gasteiger partial charge in [0, 0.05) is 17.2 Å². The molecule has 3 aromatic rings. The highest BCUT2D eigenvalue weighted by Crippen LogP contribution is 2.41. The number of thiophene rings is 1. The summed E-state index contributed by atoms with van der Waals surface area (Å²) in [7, 11) is 5.93. The maximum atomic E-state index is 13.3. The summed E-state index contributed by atoms with van der Waals surface area (Å²) in [6.07, 6.45) is 0. The number of benzene rings is 2. The average Bonchev–Trinajstić information content (AvgIpc) is 3.34. The van der Waals surface area contributed by atoms with E-state index >= 15 is 0 Å². The molecule has 9 nitrogen and oxygen atoms in total. The molecule has 0 saturated heterocycles. The molecule has 1 heterocycles. The van der Waals surface area contributed by atoms with Crippen LogP contribution in [0, 0.1) is 10.1 Å². The second kappa shape index (κ2) is 10.0. The van der Waals surface area contributed by atoms with Gasteiger partial charge in [0.1, 0.15) is 5.60 Å². The SMILES string of the molecule is COc1ccc(C(=O)c2cc(OC)c(OC)c(OC)c2)cc1OC(C)(C)c1ccc([N+](=O)[O-])s1. The minimum atomic E-state index is -0.916. The summed E-state index contributed by atoms with van der Waals surface area (Å²) < 4.78 is 27.6. The molecule has 10 heteroatoms. The molecule has 34 heavy (non-hydrogen) atoms. The van der Waals surface area contributed by atoms with Crippen molar-refractivity contribution in [3.8, 4) is 28.7 Å². The van der Waals surface area contributed by atoms with Crippen molar-refractivity contribution in [2.45, 2.75) is 19.4 Å². The lowest BCUT2D eigenvalue weighted by Gasteiger charge is -2.26. The summed E-state index contributed by atoms with van der Waals surface area (Å²) in [6, 6.07) is 11.1. The van der Waals surface area contributed by atoms with Gasteiger partial charge in [-0.2, -0.15) is 0 Å². The zero-order valence-corrected chi connectivity index (χ0v) is 20.5. The lowest BCUT2D eigenvalue weighted by molar-refractivity contribution is -0.380. The predicted molar refractivity (Wildman–Crippen MR) is 127 cm³/mol. The van der Waals surface area contributed by atoms with E-state index in [2.05, 4.69) is 0 Å². The molecule has 0 aliphatic rings. The van der Waals surface area contributed by atoms with E-state index in [0.717, 1.165) is 11.3 Å². The molecule has 1 aromatic heterocycles. The van der Waals surface area contributed by atoms with Gasteiger partial charge in [-0.1, -0.05) is 11.3 Å². The van der Waals surface area contributed by atoms with Gasteiger partial charge in [-0.05, 0) is 50.2 Å². The number of nitrogens with zero attached hydrogens (tertiary/aromatic N) is 1. The molecule has 3 rings (SSSR count). The summed E-state index contributed by atoms with van der Waals surface area (Å²) in [5.74, 6) is 1.54. The molecule has 0 saturated carbocycles. The van der Waals surface area contributed by atoms with Crippen LogP contribution in [0.5, 0.6) is 28.7 Å². The Balaban J connectivity index is 1.99. The van der Waals surface area contributed by atoms with Gasteiger partial charge in [0.05, 0.1) is 38.2 Å². The van der Waals surface area contributed by atoms with Crippen LogP contribution in [0.1, 0.15) is 34.6 Å². The summed E-state index contributed by atoms with van der Waals surface area (Å²) in [5, 5.41) is 11.1. The zero-order valence-electron chi connectivity index (χ0n) is 19.7. The van der Waals surface area contributed by atoms with Gasteiger partial charge in [0.2, 0.25) is 5.75 Å². The van der Waals surface area contributed by atoms with E-state index in [0.29, 0.717) is 44.8 Å². The van der Waals surface area contributed by atoms with Gasteiger partial charge >= 0.3 is 5.00 Å².